The van der Waals surface area contributed by atoms with Gasteiger partial charge < -0.3 is 19.6 Å². The van der Waals surface area contributed by atoms with E-state index in [1.165, 1.54) is 0 Å². The van der Waals surface area contributed by atoms with Crippen molar-refractivity contribution < 1.29 is 19.4 Å². The number of amides is 1. The maximum Gasteiger partial charge on any atom is 0.410 e. The number of likely N-dealkylation sites (N-methyl/N-ethyl adjacent to an activating group) is 2. The number of benzene rings is 1. The van der Waals surface area contributed by atoms with Gasteiger partial charge in [0, 0.05) is 26.2 Å². The van der Waals surface area contributed by atoms with Gasteiger partial charge in [0.05, 0.1) is 23.0 Å². The Balaban J connectivity index is 1.78. The largest absolute Gasteiger partial charge is 0.478 e. The summed E-state index contributed by atoms with van der Waals surface area (Å²) in [7, 11) is 3.73. The van der Waals surface area contributed by atoms with Crippen molar-refractivity contribution in [1.82, 2.24) is 9.88 Å². The van der Waals surface area contributed by atoms with Crippen LogP contribution in [0.3, 0.4) is 0 Å². The number of aromatic nitrogens is 1. The van der Waals surface area contributed by atoms with Crippen LogP contribution in [0.25, 0.3) is 11.1 Å². The second kappa shape index (κ2) is 8.38. The molecular formula is C23H28ClN3O4. The number of carboxylic acids is 1. The molecule has 7 nitrogen and oxygen atoms in total. The van der Waals surface area contributed by atoms with Crippen LogP contribution in [0, 0.1) is 0 Å². The van der Waals surface area contributed by atoms with Gasteiger partial charge in [-0.2, -0.15) is 0 Å². The fourth-order valence-corrected chi connectivity index (χ4v) is 3.65. The van der Waals surface area contributed by atoms with Crippen LogP contribution < -0.4 is 4.90 Å². The molecule has 1 aromatic carbocycles. The Hall–Kier alpha value is -2.80. The Morgan fingerprint density at radius 2 is 1.81 bits per heavy atom. The third-order valence-corrected chi connectivity index (χ3v) is 5.75. The molecule has 0 bridgehead atoms. The minimum Gasteiger partial charge on any atom is -0.478 e. The molecule has 8 heteroatoms. The predicted molar refractivity (Wildman–Crippen MR) is 121 cm³/mol. The zero-order valence-electron chi connectivity index (χ0n) is 18.5. The van der Waals surface area contributed by atoms with Gasteiger partial charge in [0.15, 0.2) is 0 Å². The van der Waals surface area contributed by atoms with Crippen molar-refractivity contribution in [3.05, 3.63) is 47.2 Å². The first-order valence-corrected chi connectivity index (χ1v) is 10.5. The third-order valence-electron chi connectivity index (χ3n) is 5.45. The van der Waals surface area contributed by atoms with E-state index in [-0.39, 0.29) is 17.2 Å². The normalized spacial score (nSPS) is 14.6. The maximum atomic E-state index is 12.5. The number of nitrogens with zero attached hydrogens (tertiary/aromatic N) is 3. The summed E-state index contributed by atoms with van der Waals surface area (Å²) in [4.78, 5) is 31.7. The fourth-order valence-electron chi connectivity index (χ4n) is 3.44. The van der Waals surface area contributed by atoms with E-state index >= 15 is 0 Å². The van der Waals surface area contributed by atoms with Crippen LogP contribution in [0.4, 0.5) is 10.5 Å². The summed E-state index contributed by atoms with van der Waals surface area (Å²) in [5.74, 6) is -0.979. The van der Waals surface area contributed by atoms with Gasteiger partial charge in [-0.1, -0.05) is 23.7 Å². The fraction of sp³-hybridized carbons (Fsp3) is 0.435. The molecule has 0 aliphatic heterocycles. The number of halogens is 1. The molecule has 1 aromatic heterocycles. The topological polar surface area (TPSA) is 83.0 Å². The average molecular weight is 446 g/mol. The summed E-state index contributed by atoms with van der Waals surface area (Å²) in [6, 6.07) is 8.44. The minimum atomic E-state index is -0.979. The first kappa shape index (κ1) is 22.9. The van der Waals surface area contributed by atoms with Crippen molar-refractivity contribution in [2.75, 3.05) is 25.5 Å². The Morgan fingerprint density at radius 3 is 2.32 bits per heavy atom. The van der Waals surface area contributed by atoms with E-state index in [9.17, 15) is 9.59 Å². The first-order chi connectivity index (χ1) is 14.4. The van der Waals surface area contributed by atoms with E-state index in [2.05, 4.69) is 4.98 Å². The Kier molecular flexibility index (Phi) is 6.18. The van der Waals surface area contributed by atoms with E-state index in [0.29, 0.717) is 17.3 Å². The molecule has 31 heavy (non-hydrogen) atoms. The lowest BCUT2D eigenvalue weighted by Crippen LogP contribution is -2.48. The van der Waals surface area contributed by atoms with Crippen LogP contribution >= 0.6 is 11.6 Å². The van der Waals surface area contributed by atoms with E-state index < -0.39 is 11.6 Å². The number of hydrogen-bond donors (Lipinski definition) is 1. The molecule has 166 valence electrons. The second-order valence-corrected chi connectivity index (χ2v) is 9.39. The van der Waals surface area contributed by atoms with Crippen molar-refractivity contribution in [2.45, 2.75) is 44.8 Å². The van der Waals surface area contributed by atoms with E-state index in [4.69, 9.17) is 21.4 Å². The number of hydrogen-bond acceptors (Lipinski definition) is 5. The molecule has 0 atom stereocenters. The number of carboxylic acid groups (broad SMARTS) is 1. The van der Waals surface area contributed by atoms with Gasteiger partial charge in [0.2, 0.25) is 0 Å². The number of ether oxygens (including phenoxy) is 1. The molecule has 1 fully saturated rings. The first-order valence-electron chi connectivity index (χ1n) is 10.1. The quantitative estimate of drug-likeness (QED) is 0.634. The van der Waals surface area contributed by atoms with Crippen molar-refractivity contribution in [2.24, 2.45) is 0 Å². The van der Waals surface area contributed by atoms with Crippen molar-refractivity contribution >= 4 is 29.4 Å². The molecular weight excluding hydrogens is 418 g/mol. The van der Waals surface area contributed by atoms with Crippen LogP contribution in [0.5, 0.6) is 0 Å². The number of pyridine rings is 1. The maximum absolute atomic E-state index is 12.5. The standard InChI is InChI=1S/C23H28ClN3O4/c1-22(2,3)31-21(30)27(5)23(10-11-23)14-26(4)17-12-18(19(24)25-13-17)15-6-8-16(9-7-15)20(28)29/h6-9,12-13H,10-11,14H2,1-5H3,(H,28,29). The molecule has 1 saturated carbocycles. The second-order valence-electron chi connectivity index (χ2n) is 9.03. The summed E-state index contributed by atoms with van der Waals surface area (Å²) in [6.07, 6.45) is 3.17. The molecule has 2 aromatic rings. The molecule has 1 aliphatic rings. The van der Waals surface area contributed by atoms with E-state index in [0.717, 1.165) is 24.1 Å². The van der Waals surface area contributed by atoms with E-state index in [1.807, 2.05) is 38.8 Å². The zero-order chi connectivity index (χ0) is 23.0. The van der Waals surface area contributed by atoms with Crippen LogP contribution in [0.2, 0.25) is 5.15 Å². The van der Waals surface area contributed by atoms with Crippen molar-refractivity contribution in [3.63, 3.8) is 0 Å². The molecule has 0 unspecified atom stereocenters. The van der Waals surface area contributed by atoms with Crippen LogP contribution in [-0.4, -0.2) is 58.8 Å². The predicted octanol–water partition coefficient (Wildman–Crippen LogP) is 4.94. The van der Waals surface area contributed by atoms with Gasteiger partial charge in [-0.15, -0.1) is 0 Å². The molecule has 3 rings (SSSR count). The third kappa shape index (κ3) is 5.28. The van der Waals surface area contributed by atoms with Gasteiger partial charge in [0.1, 0.15) is 10.8 Å². The molecule has 1 N–H and O–H groups in total. The zero-order valence-corrected chi connectivity index (χ0v) is 19.2. The molecule has 0 radical (unpaired) electrons. The molecule has 1 amide bonds. The SMILES string of the molecule is CN(CC1(N(C)C(=O)OC(C)(C)C)CC1)c1cnc(Cl)c(-c2ccc(C(=O)O)cc2)c1. The van der Waals surface area contributed by atoms with Crippen molar-refractivity contribution in [1.29, 1.82) is 0 Å². The summed E-state index contributed by atoms with van der Waals surface area (Å²) in [5, 5.41) is 9.44. The van der Waals surface area contributed by atoms with Gasteiger partial charge in [0.25, 0.3) is 0 Å². The number of anilines is 1. The highest BCUT2D eigenvalue weighted by Gasteiger charge is 2.50. The minimum absolute atomic E-state index is 0.210. The lowest BCUT2D eigenvalue weighted by molar-refractivity contribution is 0.0202. The molecule has 1 aliphatic carbocycles. The summed E-state index contributed by atoms with van der Waals surface area (Å²) < 4.78 is 5.53. The van der Waals surface area contributed by atoms with Gasteiger partial charge in [-0.05, 0) is 57.4 Å². The molecule has 0 spiro atoms. The average Bonchev–Trinajstić information content (AvgIpc) is 3.47. The number of carbonyl (C=O) groups is 2. The Bertz CT molecular complexity index is 981. The van der Waals surface area contributed by atoms with E-state index in [1.54, 1.807) is 42.4 Å². The monoisotopic (exact) mass is 445 g/mol. The van der Waals surface area contributed by atoms with Crippen LogP contribution in [0.15, 0.2) is 36.5 Å². The molecule has 1 heterocycles. The van der Waals surface area contributed by atoms with Gasteiger partial charge in [-0.3, -0.25) is 0 Å². The van der Waals surface area contributed by atoms with Gasteiger partial charge >= 0.3 is 12.1 Å². The van der Waals surface area contributed by atoms with Crippen LogP contribution in [0.1, 0.15) is 44.0 Å². The smallest absolute Gasteiger partial charge is 0.410 e. The highest BCUT2D eigenvalue weighted by atomic mass is 35.5. The lowest BCUT2D eigenvalue weighted by atomic mass is 10.0. The lowest BCUT2D eigenvalue weighted by Gasteiger charge is -2.34. The number of carbonyl (C=O) groups excluding carboxylic acids is 1. The molecule has 0 saturated heterocycles. The summed E-state index contributed by atoms with van der Waals surface area (Å²) in [5.41, 5.74) is 1.74. The summed E-state index contributed by atoms with van der Waals surface area (Å²) in [6.45, 7) is 6.19. The number of aromatic carboxylic acids is 1. The van der Waals surface area contributed by atoms with Gasteiger partial charge in [-0.25, -0.2) is 14.6 Å². The summed E-state index contributed by atoms with van der Waals surface area (Å²) >= 11 is 6.32. The van der Waals surface area contributed by atoms with Crippen molar-refractivity contribution in [3.8, 4) is 11.1 Å². The Morgan fingerprint density at radius 1 is 1.19 bits per heavy atom. The Labute approximate surface area is 187 Å². The van der Waals surface area contributed by atoms with Crippen LogP contribution in [-0.2, 0) is 4.74 Å². The highest BCUT2D eigenvalue weighted by molar-refractivity contribution is 6.32. The number of rotatable bonds is 6. The highest BCUT2D eigenvalue weighted by Crippen LogP contribution is 2.43.